The number of carbonyl (C=O) groups is 2. The Bertz CT molecular complexity index is 505. The number of carbonyl (C=O) groups excluding carboxylic acids is 2. The van der Waals surface area contributed by atoms with Crippen LogP contribution in [0.15, 0.2) is 9.64 Å². The lowest BCUT2D eigenvalue weighted by Gasteiger charge is -2.38. The average molecular weight is 298 g/mol. The largest absolute Gasteiger partial charge is 0.416 e. The number of aryl methyl sites for hydroxylation is 1. The summed E-state index contributed by atoms with van der Waals surface area (Å²) in [6, 6.07) is -0.402. The molecule has 0 spiro atoms. The lowest BCUT2D eigenvalue weighted by atomic mass is 10.2. The monoisotopic (exact) mass is 298 g/mol. The summed E-state index contributed by atoms with van der Waals surface area (Å²) in [6.45, 7) is 7.25. The number of rotatable bonds is 4. The first-order valence-electron chi connectivity index (χ1n) is 6.54. The molecule has 2 rings (SSSR count). The molecule has 1 aliphatic rings. The van der Waals surface area contributed by atoms with Crippen LogP contribution in [0.3, 0.4) is 0 Å². The molecule has 7 nitrogen and oxygen atoms in total. The summed E-state index contributed by atoms with van der Waals surface area (Å²) < 4.78 is 5.20. The number of likely N-dealkylation sites (N-methyl/N-ethyl adjacent to an activating group) is 1. The molecule has 0 radical (unpaired) electrons. The van der Waals surface area contributed by atoms with E-state index < -0.39 is 6.04 Å². The highest BCUT2D eigenvalue weighted by molar-refractivity contribution is 7.99. The molecule has 1 fully saturated rings. The lowest BCUT2D eigenvalue weighted by molar-refractivity contribution is -0.149. The van der Waals surface area contributed by atoms with Crippen LogP contribution in [-0.4, -0.2) is 63.2 Å². The van der Waals surface area contributed by atoms with Crippen LogP contribution in [0.1, 0.15) is 19.7 Å². The van der Waals surface area contributed by atoms with E-state index in [1.165, 1.54) is 11.8 Å². The minimum atomic E-state index is -0.402. The Morgan fingerprint density at radius 2 is 2.20 bits per heavy atom. The molecule has 1 aromatic heterocycles. The Labute approximate surface area is 121 Å². The number of aromatic nitrogens is 2. The second-order valence-electron chi connectivity index (χ2n) is 4.56. The molecule has 1 unspecified atom stereocenters. The van der Waals surface area contributed by atoms with Crippen molar-refractivity contribution < 1.29 is 14.0 Å². The van der Waals surface area contributed by atoms with Gasteiger partial charge in [0.2, 0.25) is 17.7 Å². The predicted molar refractivity (Wildman–Crippen MR) is 73.2 cm³/mol. The standard InChI is InChI=1S/C12H18N4O3S/c1-4-15-5-6-16(8(2)11(15)18)10(17)7-20-12-14-13-9(3)19-12/h8H,4-7H2,1-3H3. The third kappa shape index (κ3) is 3.12. The van der Waals surface area contributed by atoms with E-state index in [9.17, 15) is 9.59 Å². The van der Waals surface area contributed by atoms with E-state index >= 15 is 0 Å². The molecule has 1 aliphatic heterocycles. The minimum Gasteiger partial charge on any atom is -0.416 e. The summed E-state index contributed by atoms with van der Waals surface area (Å²) in [4.78, 5) is 27.6. The molecule has 0 saturated carbocycles. The first-order chi connectivity index (χ1) is 9.52. The van der Waals surface area contributed by atoms with Gasteiger partial charge < -0.3 is 14.2 Å². The van der Waals surface area contributed by atoms with Crippen LogP contribution in [0.25, 0.3) is 0 Å². The molecule has 1 atom stereocenters. The van der Waals surface area contributed by atoms with E-state index in [2.05, 4.69) is 10.2 Å². The second-order valence-corrected chi connectivity index (χ2v) is 5.48. The van der Waals surface area contributed by atoms with E-state index in [1.54, 1.807) is 23.6 Å². The summed E-state index contributed by atoms with van der Waals surface area (Å²) in [5, 5.41) is 7.90. The summed E-state index contributed by atoms with van der Waals surface area (Å²) >= 11 is 1.20. The molecule has 2 heterocycles. The number of piperazine rings is 1. The van der Waals surface area contributed by atoms with Crippen molar-refractivity contribution in [3.05, 3.63) is 5.89 Å². The zero-order valence-corrected chi connectivity index (χ0v) is 12.6. The van der Waals surface area contributed by atoms with Gasteiger partial charge in [-0.3, -0.25) is 9.59 Å². The Balaban J connectivity index is 1.91. The van der Waals surface area contributed by atoms with Crippen LogP contribution in [0.4, 0.5) is 0 Å². The van der Waals surface area contributed by atoms with Gasteiger partial charge in [0.25, 0.3) is 5.22 Å². The quantitative estimate of drug-likeness (QED) is 0.755. The van der Waals surface area contributed by atoms with Crippen molar-refractivity contribution >= 4 is 23.6 Å². The molecular formula is C12H18N4O3S. The van der Waals surface area contributed by atoms with Crippen molar-refractivity contribution in [2.24, 2.45) is 0 Å². The molecule has 8 heteroatoms. The van der Waals surface area contributed by atoms with Crippen LogP contribution in [0.5, 0.6) is 0 Å². The molecular weight excluding hydrogens is 280 g/mol. The summed E-state index contributed by atoms with van der Waals surface area (Å²) in [6.07, 6.45) is 0. The molecule has 110 valence electrons. The first kappa shape index (κ1) is 14.8. The van der Waals surface area contributed by atoms with Gasteiger partial charge in [-0.15, -0.1) is 10.2 Å². The van der Waals surface area contributed by atoms with Gasteiger partial charge in [0.05, 0.1) is 5.75 Å². The van der Waals surface area contributed by atoms with Crippen molar-refractivity contribution in [2.75, 3.05) is 25.4 Å². The zero-order valence-electron chi connectivity index (χ0n) is 11.8. The van der Waals surface area contributed by atoms with Gasteiger partial charge in [0.15, 0.2) is 0 Å². The molecule has 0 N–H and O–H groups in total. The van der Waals surface area contributed by atoms with E-state index in [4.69, 9.17) is 4.42 Å². The molecule has 1 saturated heterocycles. The van der Waals surface area contributed by atoms with Gasteiger partial charge in [-0.25, -0.2) is 0 Å². The Kier molecular flexibility index (Phi) is 4.64. The number of thioether (sulfide) groups is 1. The van der Waals surface area contributed by atoms with Gasteiger partial charge >= 0.3 is 0 Å². The maximum absolute atomic E-state index is 12.2. The van der Waals surface area contributed by atoms with Gasteiger partial charge in [-0.1, -0.05) is 11.8 Å². The van der Waals surface area contributed by atoms with E-state index in [-0.39, 0.29) is 17.6 Å². The number of nitrogens with zero attached hydrogens (tertiary/aromatic N) is 4. The van der Waals surface area contributed by atoms with E-state index in [1.807, 2.05) is 6.92 Å². The fraction of sp³-hybridized carbons (Fsp3) is 0.667. The maximum Gasteiger partial charge on any atom is 0.277 e. The van der Waals surface area contributed by atoms with Gasteiger partial charge in [-0.2, -0.15) is 0 Å². The normalized spacial score (nSPS) is 19.6. The highest BCUT2D eigenvalue weighted by Crippen LogP contribution is 2.18. The molecule has 0 aromatic carbocycles. The van der Waals surface area contributed by atoms with E-state index in [0.717, 1.165) is 0 Å². The summed E-state index contributed by atoms with van der Waals surface area (Å²) in [5.74, 6) is 0.596. The van der Waals surface area contributed by atoms with Gasteiger partial charge in [0.1, 0.15) is 6.04 Å². The summed E-state index contributed by atoms with van der Waals surface area (Å²) in [7, 11) is 0. The zero-order chi connectivity index (χ0) is 14.7. The van der Waals surface area contributed by atoms with Crippen molar-refractivity contribution in [2.45, 2.75) is 32.0 Å². The van der Waals surface area contributed by atoms with E-state index in [0.29, 0.717) is 30.7 Å². The van der Waals surface area contributed by atoms with Gasteiger partial charge in [-0.05, 0) is 13.8 Å². The molecule has 0 bridgehead atoms. The molecule has 2 amide bonds. The average Bonchev–Trinajstić information content (AvgIpc) is 2.85. The van der Waals surface area contributed by atoms with Crippen LogP contribution in [-0.2, 0) is 9.59 Å². The van der Waals surface area contributed by atoms with Crippen molar-refractivity contribution in [1.82, 2.24) is 20.0 Å². The molecule has 0 aliphatic carbocycles. The second kappa shape index (κ2) is 6.25. The third-order valence-electron chi connectivity index (χ3n) is 3.28. The number of hydrogen-bond donors (Lipinski definition) is 0. The van der Waals surface area contributed by atoms with Gasteiger partial charge in [0, 0.05) is 26.6 Å². The Hall–Kier alpha value is -1.57. The number of hydrogen-bond acceptors (Lipinski definition) is 6. The highest BCUT2D eigenvalue weighted by Gasteiger charge is 2.33. The van der Waals surface area contributed by atoms with Crippen molar-refractivity contribution in [3.63, 3.8) is 0 Å². The number of amides is 2. The van der Waals surface area contributed by atoms with Crippen LogP contribution in [0, 0.1) is 6.92 Å². The highest BCUT2D eigenvalue weighted by atomic mass is 32.2. The van der Waals surface area contributed by atoms with Crippen molar-refractivity contribution in [3.8, 4) is 0 Å². The van der Waals surface area contributed by atoms with Crippen LogP contribution >= 0.6 is 11.8 Å². The Morgan fingerprint density at radius 3 is 2.80 bits per heavy atom. The Morgan fingerprint density at radius 1 is 1.45 bits per heavy atom. The third-order valence-corrected chi connectivity index (χ3v) is 4.08. The lowest BCUT2D eigenvalue weighted by Crippen LogP contribution is -2.57. The molecule has 20 heavy (non-hydrogen) atoms. The SMILES string of the molecule is CCN1CCN(C(=O)CSc2nnc(C)o2)C(C)C1=O. The topological polar surface area (TPSA) is 79.5 Å². The summed E-state index contributed by atoms with van der Waals surface area (Å²) in [5.41, 5.74) is 0. The fourth-order valence-electron chi connectivity index (χ4n) is 2.13. The maximum atomic E-state index is 12.2. The molecule has 1 aromatic rings. The smallest absolute Gasteiger partial charge is 0.277 e. The fourth-order valence-corrected chi connectivity index (χ4v) is 2.82. The minimum absolute atomic E-state index is 0.00531. The van der Waals surface area contributed by atoms with Crippen LogP contribution < -0.4 is 0 Å². The van der Waals surface area contributed by atoms with Crippen LogP contribution in [0.2, 0.25) is 0 Å². The predicted octanol–water partition coefficient (Wildman–Crippen LogP) is 0.549. The first-order valence-corrected chi connectivity index (χ1v) is 7.52. The van der Waals surface area contributed by atoms with Crippen molar-refractivity contribution in [1.29, 1.82) is 0 Å².